The maximum absolute atomic E-state index is 13.0. The van der Waals surface area contributed by atoms with Crippen LogP contribution in [0.1, 0.15) is 30.0 Å². The Morgan fingerprint density at radius 2 is 2.08 bits per heavy atom. The fourth-order valence-corrected chi connectivity index (χ4v) is 3.38. The van der Waals surface area contributed by atoms with Crippen LogP contribution in [-0.4, -0.2) is 38.2 Å². The molecule has 6 nitrogen and oxygen atoms in total. The van der Waals surface area contributed by atoms with Crippen molar-refractivity contribution in [2.24, 2.45) is 13.0 Å². The number of aromatic nitrogens is 2. The third kappa shape index (κ3) is 3.70. The van der Waals surface area contributed by atoms with Gasteiger partial charge in [0.25, 0.3) is 0 Å². The van der Waals surface area contributed by atoms with Crippen molar-refractivity contribution in [2.75, 3.05) is 6.54 Å². The first-order valence-corrected chi connectivity index (χ1v) is 8.21. The Hall–Kier alpha value is -2.70. The number of halogens is 1. The molecular formula is C18H20FN3O3. The average Bonchev–Trinajstić information content (AvgIpc) is 3.00. The SMILES string of the molecule is Cn1cc([C@H]2[C@H](C(=O)O)CCC(=O)N2CCc2ccc(F)cc2)cn1. The van der Waals surface area contributed by atoms with E-state index in [2.05, 4.69) is 5.10 Å². The molecule has 0 aliphatic carbocycles. The molecule has 2 atom stereocenters. The van der Waals surface area contributed by atoms with Crippen molar-refractivity contribution in [3.63, 3.8) is 0 Å². The van der Waals surface area contributed by atoms with Crippen LogP contribution in [-0.2, 0) is 23.1 Å². The van der Waals surface area contributed by atoms with Crippen LogP contribution in [0.25, 0.3) is 0 Å². The molecule has 0 radical (unpaired) electrons. The first-order valence-electron chi connectivity index (χ1n) is 8.21. The van der Waals surface area contributed by atoms with Gasteiger partial charge in [0, 0.05) is 31.8 Å². The number of aryl methyl sites for hydroxylation is 1. The van der Waals surface area contributed by atoms with Gasteiger partial charge in [-0.25, -0.2) is 4.39 Å². The lowest BCUT2D eigenvalue weighted by Gasteiger charge is -2.39. The van der Waals surface area contributed by atoms with Gasteiger partial charge in [-0.1, -0.05) is 12.1 Å². The van der Waals surface area contributed by atoms with E-state index in [1.165, 1.54) is 12.1 Å². The van der Waals surface area contributed by atoms with Gasteiger partial charge in [0.15, 0.2) is 0 Å². The number of piperidine rings is 1. The number of hydrogen-bond acceptors (Lipinski definition) is 3. The molecule has 3 rings (SSSR count). The quantitative estimate of drug-likeness (QED) is 0.901. The van der Waals surface area contributed by atoms with Crippen molar-refractivity contribution in [3.05, 3.63) is 53.6 Å². The molecule has 1 saturated heterocycles. The summed E-state index contributed by atoms with van der Waals surface area (Å²) in [6.45, 7) is 0.383. The molecule has 1 aliphatic rings. The van der Waals surface area contributed by atoms with E-state index in [4.69, 9.17) is 0 Å². The fraction of sp³-hybridized carbons (Fsp3) is 0.389. The maximum Gasteiger partial charge on any atom is 0.308 e. The standard InChI is InChI=1S/C18H20FN3O3/c1-21-11-13(10-20-21)17-15(18(24)25)6-7-16(23)22(17)9-8-12-2-4-14(19)5-3-12/h2-5,10-11,15,17H,6-9H2,1H3,(H,24,25)/t15-,17+/m1/s1. The smallest absolute Gasteiger partial charge is 0.308 e. The first-order chi connectivity index (χ1) is 12.0. The number of carboxylic acid groups (broad SMARTS) is 1. The number of carbonyl (C=O) groups is 2. The number of likely N-dealkylation sites (tertiary alicyclic amines) is 1. The van der Waals surface area contributed by atoms with Crippen LogP contribution < -0.4 is 0 Å². The predicted octanol–water partition coefficient (Wildman–Crippen LogP) is 2.17. The van der Waals surface area contributed by atoms with E-state index in [0.717, 1.165) is 11.1 Å². The van der Waals surface area contributed by atoms with E-state index in [0.29, 0.717) is 19.4 Å². The molecule has 2 aromatic rings. The minimum atomic E-state index is -0.909. The van der Waals surface area contributed by atoms with Gasteiger partial charge >= 0.3 is 5.97 Å². The second-order valence-electron chi connectivity index (χ2n) is 6.34. The summed E-state index contributed by atoms with van der Waals surface area (Å²) in [5.74, 6) is -1.94. The predicted molar refractivity (Wildman–Crippen MR) is 88.1 cm³/mol. The van der Waals surface area contributed by atoms with Crippen molar-refractivity contribution in [3.8, 4) is 0 Å². The average molecular weight is 345 g/mol. The molecule has 1 aromatic carbocycles. The summed E-state index contributed by atoms with van der Waals surface area (Å²) in [5, 5.41) is 13.7. The molecular weight excluding hydrogens is 325 g/mol. The third-order valence-corrected chi connectivity index (χ3v) is 4.64. The van der Waals surface area contributed by atoms with Crippen LogP contribution in [0, 0.1) is 11.7 Å². The van der Waals surface area contributed by atoms with Gasteiger partial charge in [0.2, 0.25) is 5.91 Å². The monoisotopic (exact) mass is 345 g/mol. The molecule has 1 fully saturated rings. The normalized spacial score (nSPS) is 20.7. The Labute approximate surface area is 144 Å². The number of benzene rings is 1. The molecule has 0 unspecified atom stereocenters. The van der Waals surface area contributed by atoms with Gasteiger partial charge in [-0.15, -0.1) is 0 Å². The van der Waals surface area contributed by atoms with Crippen LogP contribution in [0.5, 0.6) is 0 Å². The number of rotatable bonds is 5. The van der Waals surface area contributed by atoms with Crippen LogP contribution in [0.4, 0.5) is 4.39 Å². The highest BCUT2D eigenvalue weighted by Gasteiger charge is 2.41. The zero-order chi connectivity index (χ0) is 18.0. The number of carboxylic acids is 1. The summed E-state index contributed by atoms with van der Waals surface area (Å²) in [6, 6.07) is 5.58. The van der Waals surface area contributed by atoms with E-state index in [-0.39, 0.29) is 18.1 Å². The summed E-state index contributed by atoms with van der Waals surface area (Å²) in [7, 11) is 1.76. The Bertz CT molecular complexity index is 772. The minimum Gasteiger partial charge on any atom is -0.481 e. The summed E-state index contributed by atoms with van der Waals surface area (Å²) >= 11 is 0. The Morgan fingerprint density at radius 1 is 1.36 bits per heavy atom. The van der Waals surface area contributed by atoms with E-state index in [1.54, 1.807) is 41.2 Å². The molecule has 0 bridgehead atoms. The molecule has 0 spiro atoms. The highest BCUT2D eigenvalue weighted by Crippen LogP contribution is 2.36. The molecule has 0 saturated carbocycles. The van der Waals surface area contributed by atoms with Gasteiger partial charge in [-0.2, -0.15) is 5.10 Å². The second kappa shape index (κ2) is 7.04. The van der Waals surface area contributed by atoms with Crippen molar-refractivity contribution in [1.29, 1.82) is 0 Å². The summed E-state index contributed by atoms with van der Waals surface area (Å²) in [6.07, 6.45) is 4.45. The lowest BCUT2D eigenvalue weighted by atomic mass is 9.85. The molecule has 1 aliphatic heterocycles. The largest absolute Gasteiger partial charge is 0.481 e. The lowest BCUT2D eigenvalue weighted by molar-refractivity contribution is -0.152. The highest BCUT2D eigenvalue weighted by molar-refractivity contribution is 5.81. The lowest BCUT2D eigenvalue weighted by Crippen LogP contribution is -2.46. The minimum absolute atomic E-state index is 0.0616. The van der Waals surface area contributed by atoms with Crippen molar-refractivity contribution in [2.45, 2.75) is 25.3 Å². The van der Waals surface area contributed by atoms with Crippen LogP contribution in [0.3, 0.4) is 0 Å². The van der Waals surface area contributed by atoms with Crippen LogP contribution >= 0.6 is 0 Å². The van der Waals surface area contributed by atoms with E-state index < -0.39 is 17.9 Å². The summed E-state index contributed by atoms with van der Waals surface area (Å²) in [4.78, 5) is 25.8. The van der Waals surface area contributed by atoms with Gasteiger partial charge in [-0.3, -0.25) is 14.3 Å². The molecule has 7 heteroatoms. The van der Waals surface area contributed by atoms with Crippen LogP contribution in [0.15, 0.2) is 36.7 Å². The van der Waals surface area contributed by atoms with E-state index in [9.17, 15) is 19.1 Å². The summed E-state index contributed by atoms with van der Waals surface area (Å²) in [5.41, 5.74) is 1.62. The molecule has 1 amide bonds. The van der Waals surface area contributed by atoms with Crippen molar-refractivity contribution in [1.82, 2.24) is 14.7 Å². The zero-order valence-electron chi connectivity index (χ0n) is 13.9. The Morgan fingerprint density at radius 3 is 2.68 bits per heavy atom. The molecule has 25 heavy (non-hydrogen) atoms. The van der Waals surface area contributed by atoms with Crippen molar-refractivity contribution < 1.29 is 19.1 Å². The number of carbonyl (C=O) groups excluding carboxylic acids is 1. The highest BCUT2D eigenvalue weighted by atomic mass is 19.1. The second-order valence-corrected chi connectivity index (χ2v) is 6.34. The van der Waals surface area contributed by atoms with Gasteiger partial charge in [0.05, 0.1) is 18.2 Å². The zero-order valence-corrected chi connectivity index (χ0v) is 13.9. The number of hydrogen-bond donors (Lipinski definition) is 1. The van der Waals surface area contributed by atoms with Gasteiger partial charge < -0.3 is 10.0 Å². The number of aliphatic carboxylic acids is 1. The van der Waals surface area contributed by atoms with Gasteiger partial charge in [0.1, 0.15) is 5.82 Å². The maximum atomic E-state index is 13.0. The van der Waals surface area contributed by atoms with E-state index >= 15 is 0 Å². The molecule has 132 valence electrons. The molecule has 2 heterocycles. The first kappa shape index (κ1) is 17.1. The molecule has 1 aromatic heterocycles. The van der Waals surface area contributed by atoms with Crippen LogP contribution in [0.2, 0.25) is 0 Å². The molecule has 1 N–H and O–H groups in total. The number of nitrogens with zero attached hydrogens (tertiary/aromatic N) is 3. The third-order valence-electron chi connectivity index (χ3n) is 4.64. The summed E-state index contributed by atoms with van der Waals surface area (Å²) < 4.78 is 14.6. The number of amides is 1. The Balaban J connectivity index is 1.85. The Kier molecular flexibility index (Phi) is 4.83. The fourth-order valence-electron chi connectivity index (χ4n) is 3.38. The van der Waals surface area contributed by atoms with E-state index in [1.807, 2.05) is 0 Å². The van der Waals surface area contributed by atoms with Gasteiger partial charge in [-0.05, 0) is 30.5 Å². The van der Waals surface area contributed by atoms with Crippen molar-refractivity contribution >= 4 is 11.9 Å². The topological polar surface area (TPSA) is 75.4 Å².